The number of likely N-dealkylation sites (tertiary alicyclic amines) is 1. The van der Waals surface area contributed by atoms with Crippen molar-refractivity contribution >= 4 is 22.2 Å². The number of halogens is 1. The van der Waals surface area contributed by atoms with Crippen LogP contribution < -0.4 is 0 Å². The Bertz CT molecular complexity index is 173. The molecule has 2 nitrogen and oxygen atoms in total. The van der Waals surface area contributed by atoms with Crippen molar-refractivity contribution in [3.8, 4) is 0 Å². The molecule has 1 rings (SSSR count). The number of piperidine rings is 1. The van der Waals surface area contributed by atoms with Crippen LogP contribution in [0.15, 0.2) is 11.1 Å². The molecule has 1 aliphatic rings. The molecule has 0 atom stereocenters. The lowest BCUT2D eigenvalue weighted by molar-refractivity contribution is -0.112. The molecule has 68 valence electrons. The van der Waals surface area contributed by atoms with Gasteiger partial charge in [0.25, 0.3) is 0 Å². The molecule has 0 aliphatic carbocycles. The largest absolute Gasteiger partial charge is 0.303 e. The number of nitrogens with zero attached hydrogens (tertiary/aromatic N) is 1. The summed E-state index contributed by atoms with van der Waals surface area (Å²) >= 11 is 3.34. The summed E-state index contributed by atoms with van der Waals surface area (Å²) in [7, 11) is 0. The third kappa shape index (κ3) is 3.07. The standard InChI is InChI=1S/C9H14BrNO/c1-8(10)6-11-4-2-9(7-12)3-5-11/h7,9H,1-6H2. The minimum absolute atomic E-state index is 0.296. The second-order valence-electron chi connectivity index (χ2n) is 3.27. The van der Waals surface area contributed by atoms with Gasteiger partial charge in [-0.15, -0.1) is 0 Å². The molecule has 0 saturated carbocycles. The number of carbonyl (C=O) groups is 1. The van der Waals surface area contributed by atoms with E-state index >= 15 is 0 Å². The molecule has 1 fully saturated rings. The molecule has 12 heavy (non-hydrogen) atoms. The zero-order valence-corrected chi connectivity index (χ0v) is 8.72. The lowest BCUT2D eigenvalue weighted by Crippen LogP contribution is -2.34. The zero-order valence-electron chi connectivity index (χ0n) is 7.13. The van der Waals surface area contributed by atoms with E-state index in [9.17, 15) is 4.79 Å². The number of hydrogen-bond acceptors (Lipinski definition) is 2. The second kappa shape index (κ2) is 4.77. The van der Waals surface area contributed by atoms with E-state index in [1.54, 1.807) is 0 Å². The summed E-state index contributed by atoms with van der Waals surface area (Å²) in [5.74, 6) is 0.296. The van der Waals surface area contributed by atoms with Crippen LogP contribution in [0.2, 0.25) is 0 Å². The van der Waals surface area contributed by atoms with Crippen molar-refractivity contribution in [1.29, 1.82) is 0 Å². The van der Waals surface area contributed by atoms with Crippen LogP contribution >= 0.6 is 15.9 Å². The molecule has 1 aliphatic heterocycles. The molecule has 0 N–H and O–H groups in total. The summed E-state index contributed by atoms with van der Waals surface area (Å²) in [6.45, 7) is 6.75. The predicted octanol–water partition coefficient (Wildman–Crippen LogP) is 1.81. The van der Waals surface area contributed by atoms with Gasteiger partial charge in [0.15, 0.2) is 0 Å². The molecule has 0 bridgehead atoms. The molecule has 0 spiro atoms. The Morgan fingerprint density at radius 2 is 2.17 bits per heavy atom. The van der Waals surface area contributed by atoms with Gasteiger partial charge in [-0.1, -0.05) is 22.5 Å². The van der Waals surface area contributed by atoms with Gasteiger partial charge in [0.2, 0.25) is 0 Å². The fourth-order valence-corrected chi connectivity index (χ4v) is 1.84. The summed E-state index contributed by atoms with van der Waals surface area (Å²) in [5, 5.41) is 0. The Hall–Kier alpha value is -0.150. The maximum atomic E-state index is 10.4. The third-order valence-corrected chi connectivity index (χ3v) is 2.47. The topological polar surface area (TPSA) is 20.3 Å². The normalized spacial score (nSPS) is 20.8. The van der Waals surface area contributed by atoms with Crippen molar-refractivity contribution in [3.05, 3.63) is 11.1 Å². The van der Waals surface area contributed by atoms with Crippen molar-refractivity contribution in [2.24, 2.45) is 5.92 Å². The Labute approximate surface area is 81.8 Å². The summed E-state index contributed by atoms with van der Waals surface area (Å²) < 4.78 is 1.02. The minimum Gasteiger partial charge on any atom is -0.303 e. The van der Waals surface area contributed by atoms with E-state index in [2.05, 4.69) is 27.4 Å². The summed E-state index contributed by atoms with van der Waals surface area (Å²) in [5.41, 5.74) is 0. The maximum absolute atomic E-state index is 10.4. The minimum atomic E-state index is 0.296. The van der Waals surface area contributed by atoms with Crippen LogP contribution in [0.3, 0.4) is 0 Å². The fourth-order valence-electron chi connectivity index (χ4n) is 1.49. The molecular formula is C9H14BrNO. The van der Waals surface area contributed by atoms with E-state index in [-0.39, 0.29) is 0 Å². The quantitative estimate of drug-likeness (QED) is 0.691. The maximum Gasteiger partial charge on any atom is 0.123 e. The first-order valence-corrected chi connectivity index (χ1v) is 5.02. The fraction of sp³-hybridized carbons (Fsp3) is 0.667. The number of rotatable bonds is 3. The SMILES string of the molecule is C=C(Br)CN1CCC(C=O)CC1. The smallest absolute Gasteiger partial charge is 0.123 e. The lowest BCUT2D eigenvalue weighted by atomic mass is 9.99. The van der Waals surface area contributed by atoms with Crippen LogP contribution in [0.5, 0.6) is 0 Å². The van der Waals surface area contributed by atoms with Crippen molar-refractivity contribution in [3.63, 3.8) is 0 Å². The first-order valence-electron chi connectivity index (χ1n) is 4.23. The first kappa shape index (κ1) is 9.93. The van der Waals surface area contributed by atoms with Crippen LogP contribution in [0.1, 0.15) is 12.8 Å². The van der Waals surface area contributed by atoms with Gasteiger partial charge in [0.05, 0.1) is 0 Å². The predicted molar refractivity (Wildman–Crippen MR) is 53.3 cm³/mol. The monoisotopic (exact) mass is 231 g/mol. The molecule has 0 radical (unpaired) electrons. The number of carbonyl (C=O) groups excluding carboxylic acids is 1. The Morgan fingerprint density at radius 1 is 1.58 bits per heavy atom. The molecule has 0 amide bonds. The van der Waals surface area contributed by atoms with Crippen LogP contribution in [-0.2, 0) is 4.79 Å². The Kier molecular flexibility index (Phi) is 3.95. The van der Waals surface area contributed by atoms with Crippen LogP contribution in [-0.4, -0.2) is 30.8 Å². The summed E-state index contributed by atoms with van der Waals surface area (Å²) in [4.78, 5) is 12.8. The van der Waals surface area contributed by atoms with Crippen molar-refractivity contribution in [1.82, 2.24) is 4.90 Å². The average Bonchev–Trinajstić information content (AvgIpc) is 2.05. The molecule has 0 unspecified atom stereocenters. The Balaban J connectivity index is 2.26. The molecule has 0 aromatic carbocycles. The molecule has 1 heterocycles. The third-order valence-electron chi connectivity index (χ3n) is 2.22. The van der Waals surface area contributed by atoms with Crippen molar-refractivity contribution in [2.75, 3.05) is 19.6 Å². The second-order valence-corrected chi connectivity index (χ2v) is 4.39. The molecular weight excluding hydrogens is 218 g/mol. The summed E-state index contributed by atoms with van der Waals surface area (Å²) in [6.07, 6.45) is 3.09. The zero-order chi connectivity index (χ0) is 8.97. The van der Waals surface area contributed by atoms with Gasteiger partial charge in [0.1, 0.15) is 6.29 Å². The average molecular weight is 232 g/mol. The van der Waals surface area contributed by atoms with Gasteiger partial charge in [-0.3, -0.25) is 4.90 Å². The van der Waals surface area contributed by atoms with Gasteiger partial charge in [0, 0.05) is 16.9 Å². The van der Waals surface area contributed by atoms with E-state index in [0.717, 1.165) is 43.2 Å². The highest BCUT2D eigenvalue weighted by molar-refractivity contribution is 9.11. The van der Waals surface area contributed by atoms with Gasteiger partial charge in [-0.25, -0.2) is 0 Å². The highest BCUT2D eigenvalue weighted by Crippen LogP contribution is 2.16. The van der Waals surface area contributed by atoms with Crippen molar-refractivity contribution < 1.29 is 4.79 Å². The highest BCUT2D eigenvalue weighted by Gasteiger charge is 2.17. The molecule has 0 aromatic heterocycles. The van der Waals surface area contributed by atoms with E-state index in [4.69, 9.17) is 0 Å². The van der Waals surface area contributed by atoms with E-state index in [1.807, 2.05) is 0 Å². The number of hydrogen-bond donors (Lipinski definition) is 0. The number of aldehydes is 1. The van der Waals surface area contributed by atoms with Crippen LogP contribution in [0, 0.1) is 5.92 Å². The summed E-state index contributed by atoms with van der Waals surface area (Å²) in [6, 6.07) is 0. The molecule has 3 heteroatoms. The molecule has 0 aromatic rings. The molecule has 1 saturated heterocycles. The van der Waals surface area contributed by atoms with Gasteiger partial charge >= 0.3 is 0 Å². The van der Waals surface area contributed by atoms with Gasteiger partial charge < -0.3 is 4.79 Å². The van der Waals surface area contributed by atoms with Crippen LogP contribution in [0.25, 0.3) is 0 Å². The Morgan fingerprint density at radius 3 is 2.58 bits per heavy atom. The highest BCUT2D eigenvalue weighted by atomic mass is 79.9. The van der Waals surface area contributed by atoms with Crippen molar-refractivity contribution in [2.45, 2.75) is 12.8 Å². The van der Waals surface area contributed by atoms with E-state index in [1.165, 1.54) is 0 Å². The van der Waals surface area contributed by atoms with E-state index in [0.29, 0.717) is 5.92 Å². The van der Waals surface area contributed by atoms with Crippen LogP contribution in [0.4, 0.5) is 0 Å². The van der Waals surface area contributed by atoms with Gasteiger partial charge in [-0.2, -0.15) is 0 Å². The van der Waals surface area contributed by atoms with E-state index < -0.39 is 0 Å². The lowest BCUT2D eigenvalue weighted by Gasteiger charge is -2.29. The first-order chi connectivity index (χ1) is 5.72. The van der Waals surface area contributed by atoms with Gasteiger partial charge in [-0.05, 0) is 25.9 Å².